The first-order valence-corrected chi connectivity index (χ1v) is 5.97. The smallest absolute Gasteiger partial charge is 0.279 e. The summed E-state index contributed by atoms with van der Waals surface area (Å²) in [4.78, 5) is 0. The van der Waals surface area contributed by atoms with Crippen molar-refractivity contribution >= 4 is 0 Å². The van der Waals surface area contributed by atoms with Gasteiger partial charge >= 0.3 is 0 Å². The van der Waals surface area contributed by atoms with Crippen molar-refractivity contribution in [2.45, 2.75) is 46.5 Å². The van der Waals surface area contributed by atoms with Gasteiger partial charge in [-0.2, -0.15) is 0 Å². The second-order valence-corrected chi connectivity index (χ2v) is 3.28. The Morgan fingerprint density at radius 1 is 1.00 bits per heavy atom. The van der Waals surface area contributed by atoms with Crippen molar-refractivity contribution in [1.29, 1.82) is 0 Å². The van der Waals surface area contributed by atoms with Gasteiger partial charge in [0.05, 0.1) is 13.2 Å². The topological polar surface area (TPSA) is 18.5 Å². The Hall–Kier alpha value is -0.920. The molecule has 0 amide bonds. The first kappa shape index (κ1) is 14.1. The number of allylic oxidation sites excluding steroid dienone is 3. The maximum atomic E-state index is 5.30. The Morgan fingerprint density at radius 2 is 1.67 bits per heavy atom. The molecule has 0 bridgehead atoms. The zero-order valence-electron chi connectivity index (χ0n) is 10.3. The van der Waals surface area contributed by atoms with Crippen molar-refractivity contribution in [3.05, 3.63) is 24.2 Å². The maximum absolute atomic E-state index is 5.30. The Balaban J connectivity index is 3.75. The van der Waals surface area contributed by atoms with Gasteiger partial charge in [0.2, 0.25) is 0 Å². The Kier molecular flexibility index (Phi) is 10.5. The molecule has 2 heteroatoms. The van der Waals surface area contributed by atoms with Crippen LogP contribution in [0.4, 0.5) is 0 Å². The number of rotatable bonds is 9. The maximum Gasteiger partial charge on any atom is 0.279 e. The van der Waals surface area contributed by atoms with Gasteiger partial charge in [0.15, 0.2) is 0 Å². The van der Waals surface area contributed by atoms with Gasteiger partial charge < -0.3 is 9.47 Å². The highest BCUT2D eigenvalue weighted by molar-refractivity contribution is 5.03. The zero-order valence-corrected chi connectivity index (χ0v) is 10.3. The van der Waals surface area contributed by atoms with Crippen LogP contribution in [0.15, 0.2) is 24.2 Å². The highest BCUT2D eigenvalue weighted by Gasteiger charge is 1.92. The highest BCUT2D eigenvalue weighted by Crippen LogP contribution is 2.02. The van der Waals surface area contributed by atoms with Crippen LogP contribution in [-0.2, 0) is 9.47 Å². The Morgan fingerprint density at radius 3 is 2.20 bits per heavy atom. The van der Waals surface area contributed by atoms with Gasteiger partial charge in [-0.05, 0) is 26.7 Å². The molecule has 0 aromatic rings. The van der Waals surface area contributed by atoms with Crippen molar-refractivity contribution in [2.75, 3.05) is 13.2 Å². The lowest BCUT2D eigenvalue weighted by Gasteiger charge is -2.07. The number of unbranched alkanes of at least 4 members (excludes halogenated alkanes) is 3. The summed E-state index contributed by atoms with van der Waals surface area (Å²) in [5, 5.41) is 0. The van der Waals surface area contributed by atoms with E-state index in [-0.39, 0.29) is 0 Å². The summed E-state index contributed by atoms with van der Waals surface area (Å²) < 4.78 is 10.6. The van der Waals surface area contributed by atoms with E-state index in [1.807, 2.05) is 26.0 Å². The standard InChI is InChI=1S/C13H24O2/c1-4-7-8-9-10-11-12-13(14-5-2)15-6-3/h10-12H,4-9H2,1-3H3/b11-10+. The van der Waals surface area contributed by atoms with Crippen LogP contribution in [0.1, 0.15) is 46.5 Å². The monoisotopic (exact) mass is 212 g/mol. The number of hydrogen-bond acceptors (Lipinski definition) is 2. The molecule has 0 fully saturated rings. The first-order chi connectivity index (χ1) is 7.35. The van der Waals surface area contributed by atoms with Gasteiger partial charge in [0.1, 0.15) is 0 Å². The van der Waals surface area contributed by atoms with Crippen LogP contribution in [0.2, 0.25) is 0 Å². The summed E-state index contributed by atoms with van der Waals surface area (Å²) >= 11 is 0. The fourth-order valence-electron chi connectivity index (χ4n) is 1.18. The average Bonchev–Trinajstić information content (AvgIpc) is 2.24. The molecule has 0 heterocycles. The molecule has 0 N–H and O–H groups in total. The van der Waals surface area contributed by atoms with Crippen LogP contribution in [0.5, 0.6) is 0 Å². The third kappa shape index (κ3) is 9.39. The van der Waals surface area contributed by atoms with Crippen molar-refractivity contribution in [3.8, 4) is 0 Å². The molecule has 0 radical (unpaired) electrons. The van der Waals surface area contributed by atoms with Crippen LogP contribution in [0, 0.1) is 0 Å². The highest BCUT2D eigenvalue weighted by atomic mass is 16.7. The van der Waals surface area contributed by atoms with Crippen LogP contribution in [-0.4, -0.2) is 13.2 Å². The van der Waals surface area contributed by atoms with Gasteiger partial charge in [-0.1, -0.05) is 31.9 Å². The van der Waals surface area contributed by atoms with Gasteiger partial charge in [-0.15, -0.1) is 0 Å². The third-order valence-electron chi connectivity index (χ3n) is 1.92. The molecule has 0 spiro atoms. The molecule has 0 aliphatic heterocycles. The molecular formula is C13H24O2. The Labute approximate surface area is 94.0 Å². The fourth-order valence-corrected chi connectivity index (χ4v) is 1.18. The van der Waals surface area contributed by atoms with Gasteiger partial charge in [0, 0.05) is 6.08 Å². The van der Waals surface area contributed by atoms with Crippen molar-refractivity contribution in [3.63, 3.8) is 0 Å². The van der Waals surface area contributed by atoms with Crippen molar-refractivity contribution in [1.82, 2.24) is 0 Å². The summed E-state index contributed by atoms with van der Waals surface area (Å²) in [6.45, 7) is 7.42. The second-order valence-electron chi connectivity index (χ2n) is 3.28. The lowest BCUT2D eigenvalue weighted by atomic mass is 10.2. The molecule has 0 aliphatic carbocycles. The molecule has 0 saturated carbocycles. The fraction of sp³-hybridized carbons (Fsp3) is 0.692. The van der Waals surface area contributed by atoms with Crippen molar-refractivity contribution < 1.29 is 9.47 Å². The molecule has 0 atom stereocenters. The minimum atomic E-state index is 0.617. The summed E-state index contributed by atoms with van der Waals surface area (Å²) in [6, 6.07) is 0. The van der Waals surface area contributed by atoms with Gasteiger partial charge in [0.25, 0.3) is 5.95 Å². The molecule has 88 valence electrons. The minimum absolute atomic E-state index is 0.617. The summed E-state index contributed by atoms with van der Waals surface area (Å²) in [6.07, 6.45) is 11.0. The number of ether oxygens (including phenoxy) is 2. The van der Waals surface area contributed by atoms with Crippen LogP contribution < -0.4 is 0 Å². The third-order valence-corrected chi connectivity index (χ3v) is 1.92. The molecule has 0 aliphatic rings. The Bertz CT molecular complexity index is 175. The minimum Gasteiger partial charge on any atom is -0.466 e. The molecule has 0 aromatic heterocycles. The lowest BCUT2D eigenvalue weighted by Crippen LogP contribution is -1.96. The molecular weight excluding hydrogens is 188 g/mol. The van der Waals surface area contributed by atoms with Crippen LogP contribution >= 0.6 is 0 Å². The lowest BCUT2D eigenvalue weighted by molar-refractivity contribution is 0.0468. The van der Waals surface area contributed by atoms with Crippen LogP contribution in [0.25, 0.3) is 0 Å². The van der Waals surface area contributed by atoms with Crippen molar-refractivity contribution in [2.24, 2.45) is 0 Å². The van der Waals surface area contributed by atoms with E-state index in [1.165, 1.54) is 19.3 Å². The van der Waals surface area contributed by atoms with Gasteiger partial charge in [-0.3, -0.25) is 0 Å². The number of hydrogen-bond donors (Lipinski definition) is 0. The molecule has 0 aromatic carbocycles. The summed E-state index contributed by atoms with van der Waals surface area (Å²) in [7, 11) is 0. The van der Waals surface area contributed by atoms with E-state index in [0.29, 0.717) is 19.2 Å². The molecule has 15 heavy (non-hydrogen) atoms. The molecule has 0 saturated heterocycles. The van der Waals surface area contributed by atoms with E-state index < -0.39 is 0 Å². The quantitative estimate of drug-likeness (QED) is 0.326. The van der Waals surface area contributed by atoms with E-state index in [9.17, 15) is 0 Å². The average molecular weight is 212 g/mol. The normalized spacial score (nSPS) is 10.3. The summed E-state index contributed by atoms with van der Waals surface area (Å²) in [5.74, 6) is 0.617. The zero-order chi connectivity index (χ0) is 11.4. The molecule has 0 unspecified atom stereocenters. The van der Waals surface area contributed by atoms with E-state index in [0.717, 1.165) is 6.42 Å². The predicted molar refractivity (Wildman–Crippen MR) is 64.6 cm³/mol. The van der Waals surface area contributed by atoms with E-state index in [2.05, 4.69) is 13.0 Å². The van der Waals surface area contributed by atoms with E-state index in [1.54, 1.807) is 0 Å². The largest absolute Gasteiger partial charge is 0.466 e. The van der Waals surface area contributed by atoms with E-state index in [4.69, 9.17) is 9.47 Å². The second kappa shape index (κ2) is 11.2. The van der Waals surface area contributed by atoms with Gasteiger partial charge in [-0.25, -0.2) is 0 Å². The SMILES string of the molecule is CCCCC/C=C/C=C(OCC)OCC. The van der Waals surface area contributed by atoms with E-state index >= 15 is 0 Å². The predicted octanol–water partition coefficient (Wildman–Crippen LogP) is 4.04. The molecule has 2 nitrogen and oxygen atoms in total. The summed E-state index contributed by atoms with van der Waals surface area (Å²) in [5.41, 5.74) is 0. The molecule has 0 rings (SSSR count). The first-order valence-electron chi connectivity index (χ1n) is 5.97. The van der Waals surface area contributed by atoms with Crippen LogP contribution in [0.3, 0.4) is 0 Å².